The van der Waals surface area contributed by atoms with E-state index in [1.807, 2.05) is 36.4 Å². The molecule has 2 aromatic rings. The van der Waals surface area contributed by atoms with E-state index in [-0.39, 0.29) is 5.78 Å². The van der Waals surface area contributed by atoms with Gasteiger partial charge >= 0.3 is 0 Å². The molecule has 2 heterocycles. The van der Waals surface area contributed by atoms with Crippen molar-refractivity contribution in [2.75, 3.05) is 52.5 Å². The molecule has 0 atom stereocenters. The van der Waals surface area contributed by atoms with Gasteiger partial charge in [0.05, 0.1) is 13.2 Å². The second-order valence-corrected chi connectivity index (χ2v) is 9.92. The SMILES string of the molecule is O=C1c2ccc(OCCCCN3CCCC3)cc2-c2c(OCCCCN3CCCC3)cccc21. The van der Waals surface area contributed by atoms with E-state index >= 15 is 0 Å². The van der Waals surface area contributed by atoms with E-state index in [9.17, 15) is 4.79 Å². The first kappa shape index (κ1) is 23.4. The van der Waals surface area contributed by atoms with E-state index in [2.05, 4.69) is 9.80 Å². The lowest BCUT2D eigenvalue weighted by Crippen LogP contribution is -2.20. The lowest BCUT2D eigenvalue weighted by atomic mass is 10.0. The van der Waals surface area contributed by atoms with E-state index in [0.717, 1.165) is 59.6 Å². The van der Waals surface area contributed by atoms with Crippen molar-refractivity contribution in [1.82, 2.24) is 9.80 Å². The molecule has 0 amide bonds. The first-order valence-electron chi connectivity index (χ1n) is 13.3. The predicted octanol–water partition coefficient (Wildman–Crippen LogP) is 5.41. The Kier molecular flexibility index (Phi) is 7.82. The van der Waals surface area contributed by atoms with Crippen molar-refractivity contribution >= 4 is 5.78 Å². The molecule has 1 aliphatic carbocycles. The van der Waals surface area contributed by atoms with Crippen LogP contribution < -0.4 is 9.47 Å². The third-order valence-electron chi connectivity index (χ3n) is 7.44. The average molecular weight is 463 g/mol. The Balaban J connectivity index is 1.17. The molecule has 5 nitrogen and oxygen atoms in total. The normalized spacial score (nSPS) is 17.8. The van der Waals surface area contributed by atoms with Gasteiger partial charge in [-0.3, -0.25) is 4.79 Å². The van der Waals surface area contributed by atoms with Crippen LogP contribution in [0.15, 0.2) is 36.4 Å². The highest BCUT2D eigenvalue weighted by molar-refractivity contribution is 6.22. The molecule has 3 aliphatic rings. The Morgan fingerprint density at radius 1 is 0.676 bits per heavy atom. The second kappa shape index (κ2) is 11.4. The molecule has 0 N–H and O–H groups in total. The Bertz CT molecular complexity index is 977. The Morgan fingerprint density at radius 3 is 2.00 bits per heavy atom. The highest BCUT2D eigenvalue weighted by atomic mass is 16.5. The smallest absolute Gasteiger partial charge is 0.194 e. The van der Waals surface area contributed by atoms with Crippen molar-refractivity contribution in [3.8, 4) is 22.6 Å². The van der Waals surface area contributed by atoms with Gasteiger partial charge in [-0.2, -0.15) is 0 Å². The minimum atomic E-state index is 0.0849. The summed E-state index contributed by atoms with van der Waals surface area (Å²) in [6.07, 6.45) is 9.76. The quantitative estimate of drug-likeness (QED) is 0.337. The molecule has 2 aromatic carbocycles. The number of hydrogen-bond acceptors (Lipinski definition) is 5. The molecule has 5 heteroatoms. The number of ether oxygens (including phenoxy) is 2. The van der Waals surface area contributed by atoms with Crippen molar-refractivity contribution in [1.29, 1.82) is 0 Å². The molecular formula is C29H38N2O3. The summed E-state index contributed by atoms with van der Waals surface area (Å²) in [6, 6.07) is 11.7. The summed E-state index contributed by atoms with van der Waals surface area (Å²) >= 11 is 0. The Hall–Kier alpha value is -2.37. The number of rotatable bonds is 12. The molecule has 0 spiro atoms. The monoisotopic (exact) mass is 462 g/mol. The highest BCUT2D eigenvalue weighted by Gasteiger charge is 2.30. The van der Waals surface area contributed by atoms with Gasteiger partial charge in [0.1, 0.15) is 11.5 Å². The van der Waals surface area contributed by atoms with Crippen LogP contribution in [-0.4, -0.2) is 68.1 Å². The van der Waals surface area contributed by atoms with Gasteiger partial charge in [-0.15, -0.1) is 0 Å². The number of benzene rings is 2. The zero-order valence-electron chi connectivity index (χ0n) is 20.4. The number of ketones is 1. The summed E-state index contributed by atoms with van der Waals surface area (Å²) < 4.78 is 12.3. The van der Waals surface area contributed by atoms with Crippen molar-refractivity contribution in [2.24, 2.45) is 0 Å². The summed E-state index contributed by atoms with van der Waals surface area (Å²) in [5.41, 5.74) is 3.37. The van der Waals surface area contributed by atoms with Crippen LogP contribution >= 0.6 is 0 Å². The summed E-state index contributed by atoms with van der Waals surface area (Å²) in [6.45, 7) is 8.72. The number of unbranched alkanes of at least 4 members (excludes halogenated alkanes) is 2. The minimum Gasteiger partial charge on any atom is -0.494 e. The van der Waals surface area contributed by atoms with Crippen molar-refractivity contribution < 1.29 is 14.3 Å². The Labute approximate surface area is 204 Å². The molecule has 0 aromatic heterocycles. The average Bonchev–Trinajstić information content (AvgIpc) is 3.62. The van der Waals surface area contributed by atoms with E-state index in [4.69, 9.17) is 9.47 Å². The summed E-state index contributed by atoms with van der Waals surface area (Å²) in [7, 11) is 0. The van der Waals surface area contributed by atoms with Gasteiger partial charge in [-0.05, 0) is 115 Å². The fourth-order valence-electron chi connectivity index (χ4n) is 5.54. The van der Waals surface area contributed by atoms with Crippen LogP contribution in [0.5, 0.6) is 11.5 Å². The maximum atomic E-state index is 13.0. The number of carbonyl (C=O) groups excluding carboxylic acids is 1. The first-order chi connectivity index (χ1) is 16.8. The second-order valence-electron chi connectivity index (χ2n) is 9.92. The third-order valence-corrected chi connectivity index (χ3v) is 7.44. The molecule has 0 radical (unpaired) electrons. The van der Waals surface area contributed by atoms with E-state index in [0.29, 0.717) is 13.2 Å². The number of nitrogens with zero attached hydrogens (tertiary/aromatic N) is 2. The maximum absolute atomic E-state index is 13.0. The fraction of sp³-hybridized carbons (Fsp3) is 0.552. The maximum Gasteiger partial charge on any atom is 0.194 e. The van der Waals surface area contributed by atoms with Gasteiger partial charge in [-0.25, -0.2) is 0 Å². The molecule has 0 saturated carbocycles. The van der Waals surface area contributed by atoms with Crippen LogP contribution in [0.3, 0.4) is 0 Å². The molecule has 0 bridgehead atoms. The number of carbonyl (C=O) groups is 1. The van der Waals surface area contributed by atoms with Gasteiger partial charge in [0.15, 0.2) is 5.78 Å². The minimum absolute atomic E-state index is 0.0849. The zero-order chi connectivity index (χ0) is 23.2. The van der Waals surface area contributed by atoms with E-state index in [1.165, 1.54) is 64.8 Å². The van der Waals surface area contributed by atoms with Gasteiger partial charge in [0.25, 0.3) is 0 Å². The summed E-state index contributed by atoms with van der Waals surface area (Å²) in [4.78, 5) is 18.1. The molecule has 182 valence electrons. The largest absolute Gasteiger partial charge is 0.494 e. The standard InChI is InChI=1S/C29H38N2O3/c32-29-24-13-12-23(33-20-7-5-18-30-14-1-2-15-30)22-26(24)28-25(29)10-9-11-27(28)34-21-8-6-19-31-16-3-4-17-31/h9-13,22H,1-8,14-21H2. The molecule has 2 fully saturated rings. The fourth-order valence-corrected chi connectivity index (χ4v) is 5.54. The first-order valence-corrected chi connectivity index (χ1v) is 13.3. The van der Waals surface area contributed by atoms with Crippen LogP contribution in [0.2, 0.25) is 0 Å². The van der Waals surface area contributed by atoms with Crippen molar-refractivity contribution in [3.05, 3.63) is 47.5 Å². The number of hydrogen-bond donors (Lipinski definition) is 0. The third kappa shape index (κ3) is 5.47. The highest BCUT2D eigenvalue weighted by Crippen LogP contribution is 2.44. The van der Waals surface area contributed by atoms with E-state index in [1.54, 1.807) is 0 Å². The van der Waals surface area contributed by atoms with Gasteiger partial charge < -0.3 is 19.3 Å². The summed E-state index contributed by atoms with van der Waals surface area (Å²) in [5, 5.41) is 0. The van der Waals surface area contributed by atoms with Gasteiger partial charge in [0, 0.05) is 22.3 Å². The molecule has 2 saturated heterocycles. The van der Waals surface area contributed by atoms with Crippen LogP contribution in [0.25, 0.3) is 11.1 Å². The lowest BCUT2D eigenvalue weighted by Gasteiger charge is -2.15. The predicted molar refractivity (Wildman–Crippen MR) is 136 cm³/mol. The van der Waals surface area contributed by atoms with Crippen molar-refractivity contribution in [3.63, 3.8) is 0 Å². The van der Waals surface area contributed by atoms with Gasteiger partial charge in [0.2, 0.25) is 0 Å². The van der Waals surface area contributed by atoms with Gasteiger partial charge in [-0.1, -0.05) is 12.1 Å². The van der Waals surface area contributed by atoms with E-state index < -0.39 is 0 Å². The Morgan fingerprint density at radius 2 is 1.32 bits per heavy atom. The lowest BCUT2D eigenvalue weighted by molar-refractivity contribution is 0.104. The molecule has 2 aliphatic heterocycles. The van der Waals surface area contributed by atoms with Crippen molar-refractivity contribution in [2.45, 2.75) is 51.4 Å². The summed E-state index contributed by atoms with van der Waals surface area (Å²) in [5.74, 6) is 1.73. The van der Waals surface area contributed by atoms with Crippen LogP contribution in [0.4, 0.5) is 0 Å². The van der Waals surface area contributed by atoms with Crippen LogP contribution in [-0.2, 0) is 0 Å². The van der Waals surface area contributed by atoms with Crippen LogP contribution in [0, 0.1) is 0 Å². The molecule has 34 heavy (non-hydrogen) atoms. The molecular weight excluding hydrogens is 424 g/mol. The number of likely N-dealkylation sites (tertiary alicyclic amines) is 2. The topological polar surface area (TPSA) is 42.0 Å². The molecule has 5 rings (SSSR count). The molecule has 0 unspecified atom stereocenters. The van der Waals surface area contributed by atoms with Crippen LogP contribution in [0.1, 0.15) is 67.3 Å². The number of fused-ring (bicyclic) bond motifs is 3. The zero-order valence-corrected chi connectivity index (χ0v) is 20.4.